The average molecular weight is 497 g/mol. The lowest BCUT2D eigenvalue weighted by atomic mass is 10.0. The Bertz CT molecular complexity index is 1470. The molecule has 0 bridgehead atoms. The SMILES string of the molecule is O=C(O)CC1CCc2c1[nH]c1ccc(-c3noc(-c4cc(OCC5CC5)cc(C(F)(F)F)c4)n3)cc21. The molecule has 0 amide bonds. The van der Waals surface area contributed by atoms with Gasteiger partial charge in [-0.2, -0.15) is 18.2 Å². The molecular formula is C26H22F3N3O4. The van der Waals surface area contributed by atoms with Gasteiger partial charge in [-0.15, -0.1) is 0 Å². The van der Waals surface area contributed by atoms with Crippen LogP contribution in [0.1, 0.15) is 48.4 Å². The second-order valence-electron chi connectivity index (χ2n) is 9.53. The first-order valence-corrected chi connectivity index (χ1v) is 11.8. The fourth-order valence-electron chi connectivity index (χ4n) is 4.83. The number of aromatic nitrogens is 3. The Kier molecular flexibility index (Phi) is 5.27. The molecule has 0 saturated heterocycles. The highest BCUT2D eigenvalue weighted by molar-refractivity contribution is 5.89. The van der Waals surface area contributed by atoms with Gasteiger partial charge < -0.3 is 19.4 Å². The summed E-state index contributed by atoms with van der Waals surface area (Å²) in [6.07, 6.45) is -0.900. The number of halogens is 3. The highest BCUT2D eigenvalue weighted by Crippen LogP contribution is 2.41. The molecule has 2 aliphatic carbocycles. The van der Waals surface area contributed by atoms with Crippen LogP contribution in [0.4, 0.5) is 13.2 Å². The molecule has 1 unspecified atom stereocenters. The van der Waals surface area contributed by atoms with Gasteiger partial charge in [0.25, 0.3) is 5.89 Å². The number of nitrogens with zero attached hydrogens (tertiary/aromatic N) is 2. The first-order chi connectivity index (χ1) is 17.2. The fourth-order valence-corrected chi connectivity index (χ4v) is 4.83. The number of hydrogen-bond donors (Lipinski definition) is 2. The van der Waals surface area contributed by atoms with Gasteiger partial charge in [-0.05, 0) is 73.6 Å². The highest BCUT2D eigenvalue weighted by Gasteiger charge is 2.33. The summed E-state index contributed by atoms with van der Waals surface area (Å²) in [7, 11) is 0. The van der Waals surface area contributed by atoms with Crippen LogP contribution in [-0.4, -0.2) is 32.8 Å². The van der Waals surface area contributed by atoms with Crippen molar-refractivity contribution in [2.75, 3.05) is 6.61 Å². The predicted octanol–water partition coefficient (Wildman–Crippen LogP) is 6.20. The van der Waals surface area contributed by atoms with Crippen molar-refractivity contribution in [1.29, 1.82) is 0 Å². The number of carbonyl (C=O) groups is 1. The van der Waals surface area contributed by atoms with Crippen molar-refractivity contribution in [1.82, 2.24) is 15.1 Å². The number of rotatable bonds is 7. The monoisotopic (exact) mass is 497 g/mol. The van der Waals surface area contributed by atoms with E-state index in [1.165, 1.54) is 6.07 Å². The van der Waals surface area contributed by atoms with Gasteiger partial charge in [0.2, 0.25) is 5.82 Å². The van der Waals surface area contributed by atoms with Gasteiger partial charge >= 0.3 is 12.1 Å². The standard InChI is InChI=1S/C26H22F3N3O4/c27-26(28,29)17-7-16(8-18(11-17)35-12-13-1-2-13)25-31-24(32-36-25)15-4-6-21-20(9-15)19-5-3-14(10-22(33)34)23(19)30-21/h4,6-9,11,13-14,30H,1-3,5,10,12H2,(H,33,34). The zero-order valence-electron chi connectivity index (χ0n) is 19.1. The van der Waals surface area contributed by atoms with E-state index in [-0.39, 0.29) is 35.4 Å². The minimum Gasteiger partial charge on any atom is -0.493 e. The molecule has 6 rings (SSSR count). The summed E-state index contributed by atoms with van der Waals surface area (Å²) < 4.78 is 51.5. The van der Waals surface area contributed by atoms with Crippen LogP contribution < -0.4 is 4.74 Å². The van der Waals surface area contributed by atoms with E-state index in [2.05, 4.69) is 15.1 Å². The second kappa shape index (κ2) is 8.39. The number of benzene rings is 2. The number of ether oxygens (including phenoxy) is 1. The Morgan fingerprint density at radius 3 is 2.72 bits per heavy atom. The topological polar surface area (TPSA) is 101 Å². The minimum atomic E-state index is -4.55. The Balaban J connectivity index is 1.32. The average Bonchev–Trinajstić information content (AvgIpc) is 3.23. The minimum absolute atomic E-state index is 0.0340. The van der Waals surface area contributed by atoms with E-state index < -0.39 is 17.7 Å². The largest absolute Gasteiger partial charge is 0.493 e. The molecule has 0 radical (unpaired) electrons. The number of H-pyrrole nitrogens is 1. The van der Waals surface area contributed by atoms with Crippen LogP contribution in [0.25, 0.3) is 33.7 Å². The second-order valence-corrected chi connectivity index (χ2v) is 9.53. The maximum absolute atomic E-state index is 13.5. The Labute approximate surface area is 203 Å². The molecule has 2 aromatic heterocycles. The van der Waals surface area contributed by atoms with Crippen molar-refractivity contribution in [2.45, 2.75) is 44.2 Å². The van der Waals surface area contributed by atoms with Crippen molar-refractivity contribution in [3.8, 4) is 28.6 Å². The van der Waals surface area contributed by atoms with Gasteiger partial charge in [0.05, 0.1) is 18.6 Å². The normalized spacial score (nSPS) is 17.5. The molecule has 186 valence electrons. The van der Waals surface area contributed by atoms with Crippen molar-refractivity contribution >= 4 is 16.9 Å². The molecule has 2 N–H and O–H groups in total. The number of nitrogens with one attached hydrogen (secondary N) is 1. The number of fused-ring (bicyclic) bond motifs is 3. The zero-order valence-corrected chi connectivity index (χ0v) is 19.1. The van der Waals surface area contributed by atoms with E-state index in [1.807, 2.05) is 12.1 Å². The summed E-state index contributed by atoms with van der Waals surface area (Å²) in [6.45, 7) is 0.379. The molecule has 2 aliphatic rings. The van der Waals surface area contributed by atoms with Crippen LogP contribution in [0.15, 0.2) is 40.9 Å². The first kappa shape index (κ1) is 22.6. The number of aromatic amines is 1. The van der Waals surface area contributed by atoms with Crippen LogP contribution in [-0.2, 0) is 17.4 Å². The molecule has 2 heterocycles. The third-order valence-electron chi connectivity index (χ3n) is 6.86. The molecule has 1 saturated carbocycles. The summed E-state index contributed by atoms with van der Waals surface area (Å²) in [4.78, 5) is 18.9. The molecule has 0 aliphatic heterocycles. The van der Waals surface area contributed by atoms with E-state index in [9.17, 15) is 23.1 Å². The lowest BCUT2D eigenvalue weighted by Crippen LogP contribution is -2.07. The smallest absolute Gasteiger partial charge is 0.416 e. The molecular weight excluding hydrogens is 475 g/mol. The van der Waals surface area contributed by atoms with Gasteiger partial charge in [0, 0.05) is 33.6 Å². The van der Waals surface area contributed by atoms with Gasteiger partial charge in [-0.1, -0.05) is 5.16 Å². The fraction of sp³-hybridized carbons (Fsp3) is 0.346. The zero-order chi connectivity index (χ0) is 25.0. The lowest BCUT2D eigenvalue weighted by Gasteiger charge is -2.11. The maximum Gasteiger partial charge on any atom is 0.416 e. The van der Waals surface area contributed by atoms with E-state index in [1.54, 1.807) is 6.07 Å². The Hall–Kier alpha value is -3.82. The summed E-state index contributed by atoms with van der Waals surface area (Å²) in [5.74, 6) is -0.161. The molecule has 36 heavy (non-hydrogen) atoms. The molecule has 1 atom stereocenters. The number of carboxylic acids is 1. The van der Waals surface area contributed by atoms with Gasteiger partial charge in [0.15, 0.2) is 0 Å². The maximum atomic E-state index is 13.5. The molecule has 0 spiro atoms. The molecule has 10 heteroatoms. The predicted molar refractivity (Wildman–Crippen MR) is 124 cm³/mol. The molecule has 4 aromatic rings. The van der Waals surface area contributed by atoms with E-state index >= 15 is 0 Å². The van der Waals surface area contributed by atoms with Crippen LogP contribution in [0, 0.1) is 5.92 Å². The molecule has 7 nitrogen and oxygen atoms in total. The van der Waals surface area contributed by atoms with Crippen LogP contribution in [0.2, 0.25) is 0 Å². The number of aliphatic carboxylic acids is 1. The summed E-state index contributed by atoms with van der Waals surface area (Å²) >= 11 is 0. The van der Waals surface area contributed by atoms with Gasteiger partial charge in [-0.3, -0.25) is 4.79 Å². The van der Waals surface area contributed by atoms with Crippen molar-refractivity contribution < 1.29 is 32.3 Å². The van der Waals surface area contributed by atoms with E-state index in [4.69, 9.17) is 9.26 Å². The van der Waals surface area contributed by atoms with Crippen molar-refractivity contribution in [3.63, 3.8) is 0 Å². The van der Waals surface area contributed by atoms with Crippen LogP contribution in [0.3, 0.4) is 0 Å². The van der Waals surface area contributed by atoms with Crippen LogP contribution in [0.5, 0.6) is 5.75 Å². The van der Waals surface area contributed by atoms with E-state index in [0.29, 0.717) is 18.1 Å². The van der Waals surface area contributed by atoms with Crippen molar-refractivity contribution in [2.24, 2.45) is 5.92 Å². The Morgan fingerprint density at radius 1 is 1.14 bits per heavy atom. The quantitative estimate of drug-likeness (QED) is 0.315. The van der Waals surface area contributed by atoms with Crippen molar-refractivity contribution in [3.05, 3.63) is 53.2 Å². The van der Waals surface area contributed by atoms with Gasteiger partial charge in [-0.25, -0.2) is 0 Å². The Morgan fingerprint density at radius 2 is 1.97 bits per heavy atom. The van der Waals surface area contributed by atoms with Crippen LogP contribution >= 0.6 is 0 Å². The molecule has 1 fully saturated rings. The first-order valence-electron chi connectivity index (χ1n) is 11.8. The number of alkyl halides is 3. The lowest BCUT2D eigenvalue weighted by molar-refractivity contribution is -0.138. The third-order valence-corrected chi connectivity index (χ3v) is 6.86. The summed E-state index contributed by atoms with van der Waals surface area (Å²) in [5, 5.41) is 14.2. The number of carboxylic acid groups (broad SMARTS) is 1. The summed E-state index contributed by atoms with van der Waals surface area (Å²) in [6, 6.07) is 9.02. The molecule has 2 aromatic carbocycles. The third kappa shape index (κ3) is 4.31. The number of hydrogen-bond acceptors (Lipinski definition) is 5. The number of aryl methyl sites for hydroxylation is 1. The highest BCUT2D eigenvalue weighted by atomic mass is 19.4. The van der Waals surface area contributed by atoms with E-state index in [0.717, 1.165) is 60.0 Å². The van der Waals surface area contributed by atoms with Gasteiger partial charge in [0.1, 0.15) is 5.75 Å². The summed E-state index contributed by atoms with van der Waals surface area (Å²) in [5.41, 5.74) is 2.86.